The van der Waals surface area contributed by atoms with Crippen molar-refractivity contribution in [3.05, 3.63) is 98.1 Å². The Bertz CT molecular complexity index is 1460. The lowest BCUT2D eigenvalue weighted by Crippen LogP contribution is -2.25. The van der Waals surface area contributed by atoms with E-state index < -0.39 is 11.9 Å². The molecule has 1 aromatic heterocycles. The van der Waals surface area contributed by atoms with Gasteiger partial charge in [0.05, 0.1) is 12.2 Å². The number of ether oxygens (including phenoxy) is 1. The van der Waals surface area contributed by atoms with Crippen molar-refractivity contribution in [3.63, 3.8) is 0 Å². The Hall–Kier alpha value is -5.18. The highest BCUT2D eigenvalue weighted by Gasteiger charge is 2.15. The molecule has 0 bridgehead atoms. The van der Waals surface area contributed by atoms with E-state index in [2.05, 4.69) is 28.3 Å². The van der Waals surface area contributed by atoms with E-state index in [0.29, 0.717) is 36.3 Å². The minimum Gasteiger partial charge on any atom is -0.423 e. The van der Waals surface area contributed by atoms with Crippen molar-refractivity contribution in [2.24, 2.45) is 0 Å². The quantitative estimate of drug-likeness (QED) is 0.0994. The molecule has 0 saturated heterocycles. The molecule has 0 unspecified atom stereocenters. The molecule has 0 atom stereocenters. The fourth-order valence-corrected chi connectivity index (χ4v) is 3.84. The third-order valence-corrected chi connectivity index (χ3v) is 5.74. The Morgan fingerprint density at radius 2 is 1.38 bits per heavy atom. The summed E-state index contributed by atoms with van der Waals surface area (Å²) in [5.41, 5.74) is 4.03. The second kappa shape index (κ2) is 12.4. The Labute approximate surface area is 226 Å². The molecule has 0 amide bonds. The largest absolute Gasteiger partial charge is 0.423 e. The predicted molar refractivity (Wildman–Crippen MR) is 149 cm³/mol. The number of hydrogen-bond acceptors (Lipinski definition) is 9. The molecule has 39 heavy (non-hydrogen) atoms. The summed E-state index contributed by atoms with van der Waals surface area (Å²) in [4.78, 5) is 30.4. The van der Waals surface area contributed by atoms with Gasteiger partial charge in [0, 0.05) is 47.3 Å². The van der Waals surface area contributed by atoms with Crippen molar-refractivity contribution in [1.82, 2.24) is 10.2 Å². The molecule has 198 valence electrons. The molecule has 0 radical (unpaired) electrons. The first-order valence-electron chi connectivity index (χ1n) is 12.3. The summed E-state index contributed by atoms with van der Waals surface area (Å²) < 4.78 is 11.2. The molecule has 0 N–H and O–H groups in total. The minimum atomic E-state index is -0.530. The van der Waals surface area contributed by atoms with Crippen molar-refractivity contribution in [1.29, 1.82) is 0 Å². The number of aromatic nitrogens is 2. The van der Waals surface area contributed by atoms with Crippen molar-refractivity contribution in [2.75, 3.05) is 23.1 Å². The third-order valence-electron chi connectivity index (χ3n) is 5.74. The molecule has 0 aliphatic carbocycles. The number of esters is 1. The maximum atomic E-state index is 11.6. The number of nitrogens with zero attached hydrogens (tertiary/aromatic N) is 4. The molecule has 0 saturated carbocycles. The van der Waals surface area contributed by atoms with Gasteiger partial charge in [-0.2, -0.15) is 0 Å². The summed E-state index contributed by atoms with van der Waals surface area (Å²) in [7, 11) is 0. The van der Waals surface area contributed by atoms with Crippen LogP contribution in [0.4, 0.5) is 17.1 Å². The molecule has 9 nitrogen and oxygen atoms in total. The van der Waals surface area contributed by atoms with Crippen LogP contribution in [0.2, 0.25) is 0 Å². The van der Waals surface area contributed by atoms with Gasteiger partial charge in [-0.25, -0.2) is 14.7 Å². The Kier molecular flexibility index (Phi) is 8.53. The van der Waals surface area contributed by atoms with Crippen LogP contribution in [-0.2, 0) is 14.4 Å². The van der Waals surface area contributed by atoms with E-state index in [0.717, 1.165) is 34.7 Å². The van der Waals surface area contributed by atoms with E-state index in [9.17, 15) is 9.59 Å². The first-order valence-corrected chi connectivity index (χ1v) is 12.3. The summed E-state index contributed by atoms with van der Waals surface area (Å²) in [6, 6.07) is 22.3. The smallest absolute Gasteiger partial charge is 0.355 e. The normalized spacial score (nSPS) is 10.4. The summed E-state index contributed by atoms with van der Waals surface area (Å²) >= 11 is 0. The number of benzene rings is 3. The fourth-order valence-electron chi connectivity index (χ4n) is 3.84. The second-order valence-corrected chi connectivity index (χ2v) is 8.18. The molecular formula is C30H28N4O5. The zero-order chi connectivity index (χ0) is 27.8. The third kappa shape index (κ3) is 6.40. The Balaban J connectivity index is 1.49. The van der Waals surface area contributed by atoms with Gasteiger partial charge in [-0.3, -0.25) is 0 Å². The average Bonchev–Trinajstić information content (AvgIpc) is 3.47. The number of rotatable bonds is 11. The molecule has 0 spiro atoms. The maximum Gasteiger partial charge on any atom is 0.355 e. The lowest BCUT2D eigenvalue weighted by Gasteiger charge is -2.23. The molecular weight excluding hydrogens is 496 g/mol. The van der Waals surface area contributed by atoms with Crippen LogP contribution < -0.4 is 14.7 Å². The standard InChI is InChI=1S/C30H28N4O5/c1-5-27(35)37-26-11-9-10-25(20-26)33(7-3)23-16-12-21(13-17-23)29-31-32-30(38-29)22-14-18-24(19-15-22)34(8-4)39-28(36)6-2/h5-6,9-20H,1-2,7-8H2,3-4H3. The highest BCUT2D eigenvalue weighted by atomic mass is 16.7. The van der Waals surface area contributed by atoms with Gasteiger partial charge in [0.2, 0.25) is 11.8 Å². The van der Waals surface area contributed by atoms with Gasteiger partial charge < -0.3 is 18.9 Å². The zero-order valence-electron chi connectivity index (χ0n) is 21.7. The molecule has 3 aromatic carbocycles. The van der Waals surface area contributed by atoms with Crippen LogP contribution in [0.3, 0.4) is 0 Å². The van der Waals surface area contributed by atoms with E-state index in [1.54, 1.807) is 24.3 Å². The number of anilines is 3. The number of carbonyl (C=O) groups is 2. The Morgan fingerprint density at radius 1 is 0.795 bits per heavy atom. The summed E-state index contributed by atoms with van der Waals surface area (Å²) in [6.07, 6.45) is 2.25. The van der Waals surface area contributed by atoms with Crippen molar-refractivity contribution < 1.29 is 23.6 Å². The zero-order valence-corrected chi connectivity index (χ0v) is 21.7. The summed E-state index contributed by atoms with van der Waals surface area (Å²) in [5, 5.41) is 9.87. The molecule has 4 rings (SSSR count). The first-order chi connectivity index (χ1) is 18.9. The maximum absolute atomic E-state index is 11.6. The average molecular weight is 525 g/mol. The van der Waals surface area contributed by atoms with Crippen molar-refractivity contribution >= 4 is 29.0 Å². The van der Waals surface area contributed by atoms with Gasteiger partial charge >= 0.3 is 11.9 Å². The van der Waals surface area contributed by atoms with Gasteiger partial charge in [-0.05, 0) is 74.5 Å². The van der Waals surface area contributed by atoms with Gasteiger partial charge in [-0.1, -0.05) is 19.2 Å². The van der Waals surface area contributed by atoms with Gasteiger partial charge in [0.15, 0.2) is 0 Å². The highest BCUT2D eigenvalue weighted by molar-refractivity contribution is 5.83. The van der Waals surface area contributed by atoms with Crippen LogP contribution >= 0.6 is 0 Å². The number of hydroxylamine groups is 1. The molecule has 4 aromatic rings. The SMILES string of the molecule is C=CC(=O)Oc1cccc(N(CC)c2ccc(-c3nnc(-c4ccc(N(CC)OC(=O)C=C)cc4)o3)cc2)c1. The van der Waals surface area contributed by atoms with E-state index in [1.165, 1.54) is 5.06 Å². The monoisotopic (exact) mass is 524 g/mol. The topological polar surface area (TPSA) is 98.0 Å². The van der Waals surface area contributed by atoms with E-state index >= 15 is 0 Å². The number of carbonyl (C=O) groups excluding carboxylic acids is 2. The van der Waals surface area contributed by atoms with E-state index in [4.69, 9.17) is 14.0 Å². The molecule has 0 aliphatic rings. The fraction of sp³-hybridized carbons (Fsp3) is 0.133. The van der Waals surface area contributed by atoms with Crippen LogP contribution in [0.25, 0.3) is 22.9 Å². The van der Waals surface area contributed by atoms with Crippen LogP contribution in [0.15, 0.2) is 103 Å². The van der Waals surface area contributed by atoms with Gasteiger partial charge in [0.25, 0.3) is 0 Å². The first kappa shape index (κ1) is 26.9. The Morgan fingerprint density at radius 3 is 1.92 bits per heavy atom. The summed E-state index contributed by atoms with van der Waals surface area (Å²) in [5.74, 6) is 0.161. The molecule has 9 heteroatoms. The highest BCUT2D eigenvalue weighted by Crippen LogP contribution is 2.31. The second-order valence-electron chi connectivity index (χ2n) is 8.18. The molecule has 0 fully saturated rings. The number of hydrogen-bond donors (Lipinski definition) is 0. The van der Waals surface area contributed by atoms with Crippen molar-refractivity contribution in [2.45, 2.75) is 13.8 Å². The molecule has 1 heterocycles. The van der Waals surface area contributed by atoms with E-state index in [1.807, 2.05) is 62.4 Å². The van der Waals surface area contributed by atoms with Crippen LogP contribution in [0.1, 0.15) is 13.8 Å². The lowest BCUT2D eigenvalue weighted by molar-refractivity contribution is -0.139. The van der Waals surface area contributed by atoms with Gasteiger partial charge in [0.1, 0.15) is 5.75 Å². The molecule has 0 aliphatic heterocycles. The van der Waals surface area contributed by atoms with Crippen LogP contribution in [0, 0.1) is 0 Å². The van der Waals surface area contributed by atoms with Crippen LogP contribution in [0.5, 0.6) is 5.75 Å². The summed E-state index contributed by atoms with van der Waals surface area (Å²) in [6.45, 7) is 11.9. The predicted octanol–water partition coefficient (Wildman–Crippen LogP) is 6.12. The van der Waals surface area contributed by atoms with E-state index in [-0.39, 0.29) is 0 Å². The van der Waals surface area contributed by atoms with Crippen LogP contribution in [-0.4, -0.2) is 35.2 Å². The van der Waals surface area contributed by atoms with Gasteiger partial charge in [-0.15, -0.1) is 10.2 Å². The van der Waals surface area contributed by atoms with Crippen molar-refractivity contribution in [3.8, 4) is 28.7 Å². The lowest BCUT2D eigenvalue weighted by atomic mass is 10.1. The minimum absolute atomic E-state index is 0.368.